The summed E-state index contributed by atoms with van der Waals surface area (Å²) in [5.74, 6) is 0.145. The molecule has 148 valence electrons. The summed E-state index contributed by atoms with van der Waals surface area (Å²) in [6.45, 7) is 6.90. The zero-order valence-electron chi connectivity index (χ0n) is 15.3. The molecule has 0 radical (unpaired) electrons. The molecule has 0 saturated carbocycles. The highest BCUT2D eigenvalue weighted by Gasteiger charge is 2.54. The number of carbonyl (C=O) groups excluding carboxylic acids is 1. The summed E-state index contributed by atoms with van der Waals surface area (Å²) >= 11 is 0. The van der Waals surface area contributed by atoms with E-state index < -0.39 is 20.1 Å². The minimum Gasteiger partial charge on any atom is -0.356 e. The van der Waals surface area contributed by atoms with Crippen LogP contribution in [0.15, 0.2) is 24.3 Å². The summed E-state index contributed by atoms with van der Waals surface area (Å²) in [6, 6.07) is 0. The minimum absolute atomic E-state index is 0.145. The maximum absolute atomic E-state index is 10.7. The van der Waals surface area contributed by atoms with Crippen LogP contribution in [-0.4, -0.2) is 36.9 Å². The average Bonchev–Trinajstić information content (AvgIpc) is 3.09. The van der Waals surface area contributed by atoms with Crippen molar-refractivity contribution in [1.82, 2.24) is 5.32 Å². The van der Waals surface area contributed by atoms with Crippen molar-refractivity contribution < 1.29 is 33.5 Å². The van der Waals surface area contributed by atoms with E-state index in [1.165, 1.54) is 6.92 Å². The normalized spacial score (nSPS) is 13.4. The molecular formula is C15H31NO7P2. The molecule has 1 amide bonds. The van der Waals surface area contributed by atoms with Crippen molar-refractivity contribution in [2.45, 2.75) is 58.3 Å². The zero-order chi connectivity index (χ0) is 20.1. The van der Waals surface area contributed by atoms with Gasteiger partial charge in [-0.05, 0) is 26.2 Å². The standard InChI is InChI=1S/C6H13NO.C5H6.C4H12O6P2/c1-3-5-7-6(8)4-2;1-2-4-5-3-1;1-3-4(2,11(5,6)7)12(8,9)10/h3-5H2,1-2H3,(H,7,8);1-4H,5H2;3H2,1-2H3,(H2,5,6,7)(H2,8,9,10). The van der Waals surface area contributed by atoms with Crippen molar-refractivity contribution in [2.24, 2.45) is 0 Å². The molecule has 1 aliphatic carbocycles. The van der Waals surface area contributed by atoms with Crippen LogP contribution in [0.1, 0.15) is 53.4 Å². The Hall–Kier alpha value is -0.750. The SMILES string of the molecule is C1=CCC=C1.CCC(C)(P(=O)(O)O)P(=O)(O)O.CCCNC(=O)CC. The lowest BCUT2D eigenvalue weighted by Crippen LogP contribution is -2.23. The maximum atomic E-state index is 10.7. The highest BCUT2D eigenvalue weighted by atomic mass is 31.2. The Labute approximate surface area is 149 Å². The van der Waals surface area contributed by atoms with E-state index in [1.807, 2.05) is 13.8 Å². The van der Waals surface area contributed by atoms with Crippen molar-refractivity contribution in [2.75, 3.05) is 6.54 Å². The molecule has 0 heterocycles. The second-order valence-electron chi connectivity index (χ2n) is 5.45. The van der Waals surface area contributed by atoms with Gasteiger partial charge in [0.15, 0.2) is 4.90 Å². The summed E-state index contributed by atoms with van der Waals surface area (Å²) < 4.78 is 21.5. The Kier molecular flexibility index (Phi) is 13.3. The molecular weight excluding hydrogens is 368 g/mol. The third-order valence-corrected chi connectivity index (χ3v) is 8.18. The van der Waals surface area contributed by atoms with Gasteiger partial charge in [-0.15, -0.1) is 0 Å². The quantitative estimate of drug-likeness (QED) is 0.432. The van der Waals surface area contributed by atoms with Crippen LogP contribution in [0.25, 0.3) is 0 Å². The number of hydrogen-bond acceptors (Lipinski definition) is 3. The third kappa shape index (κ3) is 10.8. The van der Waals surface area contributed by atoms with Gasteiger partial charge in [-0.25, -0.2) is 0 Å². The van der Waals surface area contributed by atoms with Crippen LogP contribution in [-0.2, 0) is 13.9 Å². The second kappa shape index (κ2) is 12.6. The largest absolute Gasteiger partial charge is 0.356 e. The van der Waals surface area contributed by atoms with Gasteiger partial charge < -0.3 is 24.9 Å². The Morgan fingerprint density at radius 1 is 1.04 bits per heavy atom. The first-order valence-electron chi connectivity index (χ1n) is 8.06. The molecule has 0 aromatic rings. The summed E-state index contributed by atoms with van der Waals surface area (Å²) in [5.41, 5.74) is 0. The summed E-state index contributed by atoms with van der Waals surface area (Å²) in [5, 5.41) is 2.74. The zero-order valence-corrected chi connectivity index (χ0v) is 17.0. The highest BCUT2D eigenvalue weighted by Crippen LogP contribution is 2.70. The summed E-state index contributed by atoms with van der Waals surface area (Å²) in [6.07, 6.45) is 10.8. The summed E-state index contributed by atoms with van der Waals surface area (Å²) in [4.78, 5) is 43.0. The van der Waals surface area contributed by atoms with Gasteiger partial charge in [-0.2, -0.15) is 0 Å². The predicted molar refractivity (Wildman–Crippen MR) is 99.3 cm³/mol. The van der Waals surface area contributed by atoms with E-state index in [4.69, 9.17) is 19.6 Å². The third-order valence-electron chi connectivity index (χ3n) is 3.47. The van der Waals surface area contributed by atoms with Gasteiger partial charge in [0.25, 0.3) is 0 Å². The molecule has 0 fully saturated rings. The van der Waals surface area contributed by atoms with Gasteiger partial charge >= 0.3 is 15.2 Å². The number of carbonyl (C=O) groups is 1. The molecule has 8 nitrogen and oxygen atoms in total. The average molecular weight is 399 g/mol. The molecule has 0 unspecified atom stereocenters. The lowest BCUT2D eigenvalue weighted by molar-refractivity contribution is -0.120. The number of nitrogens with one attached hydrogen (secondary N) is 1. The van der Waals surface area contributed by atoms with Gasteiger partial charge in [-0.1, -0.05) is 45.1 Å². The first-order chi connectivity index (χ1) is 11.4. The molecule has 10 heteroatoms. The van der Waals surface area contributed by atoms with E-state index in [-0.39, 0.29) is 12.3 Å². The number of amides is 1. The van der Waals surface area contributed by atoms with Crippen molar-refractivity contribution in [3.8, 4) is 0 Å². The maximum Gasteiger partial charge on any atom is 0.343 e. The molecule has 0 saturated heterocycles. The lowest BCUT2D eigenvalue weighted by Gasteiger charge is -2.29. The molecule has 1 rings (SSSR count). The fourth-order valence-corrected chi connectivity index (χ4v) is 3.55. The van der Waals surface area contributed by atoms with E-state index >= 15 is 0 Å². The first-order valence-corrected chi connectivity index (χ1v) is 11.3. The number of hydrogen-bond donors (Lipinski definition) is 5. The topological polar surface area (TPSA) is 144 Å². The Morgan fingerprint density at radius 3 is 1.64 bits per heavy atom. The van der Waals surface area contributed by atoms with Gasteiger partial charge in [-0.3, -0.25) is 13.9 Å². The van der Waals surface area contributed by atoms with Crippen molar-refractivity contribution in [3.05, 3.63) is 24.3 Å². The molecule has 0 spiro atoms. The number of allylic oxidation sites excluding steroid dienone is 4. The van der Waals surface area contributed by atoms with Crippen LogP contribution in [0, 0.1) is 0 Å². The van der Waals surface area contributed by atoms with Crippen molar-refractivity contribution in [3.63, 3.8) is 0 Å². The van der Waals surface area contributed by atoms with Gasteiger partial charge in [0, 0.05) is 13.0 Å². The number of rotatable bonds is 6. The van der Waals surface area contributed by atoms with Crippen LogP contribution in [0.3, 0.4) is 0 Å². The Balaban J connectivity index is 0. The van der Waals surface area contributed by atoms with E-state index in [1.54, 1.807) is 0 Å². The smallest absolute Gasteiger partial charge is 0.343 e. The molecule has 25 heavy (non-hydrogen) atoms. The van der Waals surface area contributed by atoms with Gasteiger partial charge in [0.2, 0.25) is 5.91 Å². The lowest BCUT2D eigenvalue weighted by atomic mass is 10.4. The first kappa shape index (κ1) is 26.5. The van der Waals surface area contributed by atoms with Crippen LogP contribution in [0.4, 0.5) is 0 Å². The van der Waals surface area contributed by atoms with E-state index in [0.29, 0.717) is 6.42 Å². The second-order valence-corrected chi connectivity index (χ2v) is 9.96. The van der Waals surface area contributed by atoms with Crippen molar-refractivity contribution in [1.29, 1.82) is 0 Å². The van der Waals surface area contributed by atoms with Gasteiger partial charge in [0.1, 0.15) is 0 Å². The fraction of sp³-hybridized carbons (Fsp3) is 0.667. The Bertz CT molecular complexity index is 502. The van der Waals surface area contributed by atoms with Gasteiger partial charge in [0.05, 0.1) is 0 Å². The highest BCUT2D eigenvalue weighted by molar-refractivity contribution is 7.72. The Morgan fingerprint density at radius 2 is 1.48 bits per heavy atom. The summed E-state index contributed by atoms with van der Waals surface area (Å²) in [7, 11) is -9.54. The van der Waals surface area contributed by atoms with Crippen LogP contribution >= 0.6 is 15.2 Å². The molecule has 5 N–H and O–H groups in total. The van der Waals surface area contributed by atoms with E-state index in [2.05, 4.69) is 29.6 Å². The van der Waals surface area contributed by atoms with Crippen molar-refractivity contribution >= 4 is 21.1 Å². The van der Waals surface area contributed by atoms with E-state index in [9.17, 15) is 13.9 Å². The molecule has 0 bridgehead atoms. The predicted octanol–water partition coefficient (Wildman–Crippen LogP) is 2.89. The molecule has 0 atom stereocenters. The molecule has 0 aromatic heterocycles. The molecule has 0 aromatic carbocycles. The van der Waals surface area contributed by atoms with Crippen LogP contribution in [0.5, 0.6) is 0 Å². The fourth-order valence-electron chi connectivity index (χ4n) is 1.36. The monoisotopic (exact) mass is 399 g/mol. The minimum atomic E-state index is -4.77. The van der Waals surface area contributed by atoms with Crippen LogP contribution < -0.4 is 5.32 Å². The molecule has 0 aliphatic heterocycles. The van der Waals surface area contributed by atoms with Crippen LogP contribution in [0.2, 0.25) is 0 Å². The van der Waals surface area contributed by atoms with E-state index in [0.717, 1.165) is 26.3 Å². The molecule has 1 aliphatic rings.